The minimum atomic E-state index is -4.68. The number of piperazine rings is 1. The van der Waals surface area contributed by atoms with Crippen LogP contribution < -0.4 is 20.9 Å². The van der Waals surface area contributed by atoms with Crippen molar-refractivity contribution in [1.29, 1.82) is 0 Å². The van der Waals surface area contributed by atoms with E-state index in [2.05, 4.69) is 32.5 Å². The number of carbonyl (C=O) groups is 1. The zero-order chi connectivity index (χ0) is 24.6. The number of anilines is 1. The summed E-state index contributed by atoms with van der Waals surface area (Å²) in [6.45, 7) is 8.72. The molecule has 0 aromatic carbocycles. The van der Waals surface area contributed by atoms with Crippen LogP contribution in [0.25, 0.3) is 5.57 Å². The van der Waals surface area contributed by atoms with E-state index < -0.39 is 29.7 Å². The van der Waals surface area contributed by atoms with Crippen molar-refractivity contribution in [3.8, 4) is 0 Å². The van der Waals surface area contributed by atoms with E-state index in [9.17, 15) is 26.7 Å². The SMILES string of the molecule is C=CN=C1NC(=O)NC(C(C)(F)F)/C1=C(/C)c1cc(C(F)(F)F)cc(N2CCN[C@@H](C)C2)n1. The Morgan fingerprint density at radius 3 is 2.58 bits per heavy atom. The second-order valence-corrected chi connectivity index (χ2v) is 8.08. The third-order valence-electron chi connectivity index (χ3n) is 5.40. The van der Waals surface area contributed by atoms with Gasteiger partial charge in [0.15, 0.2) is 0 Å². The predicted molar refractivity (Wildman–Crippen MR) is 115 cm³/mol. The lowest BCUT2D eigenvalue weighted by atomic mass is 9.92. The maximum absolute atomic E-state index is 14.4. The highest BCUT2D eigenvalue weighted by Gasteiger charge is 2.44. The first-order valence-electron chi connectivity index (χ1n) is 10.2. The number of aromatic nitrogens is 1. The van der Waals surface area contributed by atoms with Gasteiger partial charge in [0.05, 0.1) is 11.3 Å². The number of alkyl halides is 5. The Morgan fingerprint density at radius 2 is 2.00 bits per heavy atom. The van der Waals surface area contributed by atoms with Crippen molar-refractivity contribution in [2.75, 3.05) is 24.5 Å². The van der Waals surface area contributed by atoms with Gasteiger partial charge in [0, 0.05) is 44.4 Å². The van der Waals surface area contributed by atoms with Gasteiger partial charge >= 0.3 is 12.2 Å². The predicted octanol–water partition coefficient (Wildman–Crippen LogP) is 3.55. The lowest BCUT2D eigenvalue weighted by Crippen LogP contribution is -2.59. The first kappa shape index (κ1) is 24.6. The molecular formula is C21H25F5N6O. The third kappa shape index (κ3) is 5.49. The number of hydrogen-bond acceptors (Lipinski definition) is 5. The number of nitrogens with one attached hydrogen (secondary N) is 3. The summed E-state index contributed by atoms with van der Waals surface area (Å²) < 4.78 is 70.0. The summed E-state index contributed by atoms with van der Waals surface area (Å²) in [6.07, 6.45) is -3.63. The van der Waals surface area contributed by atoms with Crippen LogP contribution >= 0.6 is 0 Å². The molecule has 0 radical (unpaired) electrons. The molecule has 180 valence electrons. The molecule has 2 saturated heterocycles. The molecule has 0 bridgehead atoms. The Morgan fingerprint density at radius 1 is 1.30 bits per heavy atom. The molecule has 2 aliphatic heterocycles. The minimum Gasteiger partial charge on any atom is -0.354 e. The van der Waals surface area contributed by atoms with Gasteiger partial charge in [-0.05, 0) is 31.6 Å². The summed E-state index contributed by atoms with van der Waals surface area (Å²) in [6, 6.07) is -0.949. The standard InChI is InChI=1S/C21H25F5N6O/c1-5-27-18-16(17(20(4,22)23)30-19(33)31-18)12(3)14-8-13(21(24,25)26)9-15(29-14)32-7-6-28-11(2)10-32/h5,8-9,11,17,28H,1,6-7,10H2,2-4H3,(H2,27,30,31,33)/b16-12+/t11-,17?/m0/s1. The van der Waals surface area contributed by atoms with Gasteiger partial charge in [0.25, 0.3) is 5.92 Å². The van der Waals surface area contributed by atoms with E-state index in [4.69, 9.17) is 0 Å². The van der Waals surface area contributed by atoms with Gasteiger partial charge in [0.2, 0.25) is 0 Å². The fourth-order valence-corrected chi connectivity index (χ4v) is 3.83. The number of allylic oxidation sites excluding steroid dienone is 1. The highest BCUT2D eigenvalue weighted by atomic mass is 19.4. The van der Waals surface area contributed by atoms with Gasteiger partial charge in [0.1, 0.15) is 17.7 Å². The number of nitrogens with zero attached hydrogens (tertiary/aromatic N) is 3. The van der Waals surface area contributed by atoms with E-state index >= 15 is 0 Å². The normalized spacial score (nSPS) is 24.9. The van der Waals surface area contributed by atoms with E-state index in [1.165, 1.54) is 6.92 Å². The lowest BCUT2D eigenvalue weighted by molar-refractivity contribution is -0.137. The number of rotatable bonds is 4. The van der Waals surface area contributed by atoms with Crippen LogP contribution in [0.3, 0.4) is 0 Å². The van der Waals surface area contributed by atoms with Crippen molar-refractivity contribution in [3.05, 3.63) is 41.7 Å². The molecular weight excluding hydrogens is 447 g/mol. The van der Waals surface area contributed by atoms with Crippen LogP contribution in [0.1, 0.15) is 32.0 Å². The number of halogens is 5. The quantitative estimate of drug-likeness (QED) is 0.586. The van der Waals surface area contributed by atoms with Gasteiger partial charge in [-0.2, -0.15) is 13.2 Å². The van der Waals surface area contributed by atoms with Crippen LogP contribution in [0.2, 0.25) is 0 Å². The van der Waals surface area contributed by atoms with Crippen LogP contribution in [0.15, 0.2) is 35.5 Å². The molecule has 1 aromatic rings. The molecule has 1 unspecified atom stereocenters. The number of carbonyl (C=O) groups excluding carboxylic acids is 1. The number of amides is 2. The van der Waals surface area contributed by atoms with Gasteiger partial charge in [-0.1, -0.05) is 6.58 Å². The van der Waals surface area contributed by atoms with Crippen molar-refractivity contribution < 1.29 is 26.7 Å². The Balaban J connectivity index is 2.22. The number of amidine groups is 1. The summed E-state index contributed by atoms with van der Waals surface area (Å²) in [4.78, 5) is 21.9. The summed E-state index contributed by atoms with van der Waals surface area (Å²) in [5, 5.41) is 7.65. The second kappa shape index (κ2) is 9.08. The monoisotopic (exact) mass is 472 g/mol. The molecule has 7 nitrogen and oxygen atoms in total. The summed E-state index contributed by atoms with van der Waals surface area (Å²) in [5.74, 6) is -3.58. The Labute approximate surface area is 187 Å². The molecule has 2 fully saturated rings. The van der Waals surface area contributed by atoms with Crippen molar-refractivity contribution >= 4 is 23.3 Å². The molecule has 0 spiro atoms. The smallest absolute Gasteiger partial charge is 0.354 e. The lowest BCUT2D eigenvalue weighted by Gasteiger charge is -2.34. The fraction of sp³-hybridized carbons (Fsp3) is 0.476. The van der Waals surface area contributed by atoms with Gasteiger partial charge in [-0.25, -0.2) is 23.6 Å². The van der Waals surface area contributed by atoms with Gasteiger partial charge in [-0.3, -0.25) is 5.32 Å². The molecule has 2 atom stereocenters. The molecule has 3 heterocycles. The molecule has 12 heteroatoms. The molecule has 2 aliphatic rings. The summed E-state index contributed by atoms with van der Waals surface area (Å²) in [7, 11) is 0. The molecule has 3 rings (SSSR count). The summed E-state index contributed by atoms with van der Waals surface area (Å²) in [5.41, 5.74) is -1.26. The molecule has 2 amide bonds. The van der Waals surface area contributed by atoms with E-state index in [1.54, 1.807) is 4.90 Å². The van der Waals surface area contributed by atoms with Crippen LogP contribution in [-0.4, -0.2) is 54.5 Å². The zero-order valence-corrected chi connectivity index (χ0v) is 18.4. The fourth-order valence-electron chi connectivity index (χ4n) is 3.83. The van der Waals surface area contributed by atoms with Crippen molar-refractivity contribution in [2.24, 2.45) is 4.99 Å². The average molecular weight is 472 g/mol. The number of pyridine rings is 1. The van der Waals surface area contributed by atoms with Crippen LogP contribution in [0.4, 0.5) is 32.6 Å². The maximum atomic E-state index is 14.4. The Kier molecular flexibility index (Phi) is 6.78. The number of hydrogen-bond donors (Lipinski definition) is 3. The van der Waals surface area contributed by atoms with E-state index in [1.807, 2.05) is 6.92 Å². The Bertz CT molecular complexity index is 998. The minimum absolute atomic E-state index is 0.0187. The third-order valence-corrected chi connectivity index (χ3v) is 5.40. The average Bonchev–Trinajstić information content (AvgIpc) is 2.71. The number of urea groups is 1. The summed E-state index contributed by atoms with van der Waals surface area (Å²) >= 11 is 0. The highest BCUT2D eigenvalue weighted by molar-refractivity contribution is 6.15. The van der Waals surface area contributed by atoms with E-state index in [0.29, 0.717) is 26.6 Å². The molecule has 33 heavy (non-hydrogen) atoms. The Hall–Kier alpha value is -3.02. The first-order chi connectivity index (χ1) is 15.3. The van der Waals surface area contributed by atoms with Crippen LogP contribution in [-0.2, 0) is 6.18 Å². The molecule has 0 saturated carbocycles. The van der Waals surface area contributed by atoms with Gasteiger partial charge in [-0.15, -0.1) is 0 Å². The van der Waals surface area contributed by atoms with Crippen molar-refractivity contribution in [2.45, 2.75) is 45.0 Å². The van der Waals surface area contributed by atoms with E-state index in [0.717, 1.165) is 18.3 Å². The first-order valence-corrected chi connectivity index (χ1v) is 10.2. The van der Waals surface area contributed by atoms with Gasteiger partial charge < -0.3 is 15.5 Å². The van der Waals surface area contributed by atoms with Crippen molar-refractivity contribution in [3.63, 3.8) is 0 Å². The molecule has 0 aliphatic carbocycles. The van der Waals surface area contributed by atoms with E-state index in [-0.39, 0.29) is 34.5 Å². The number of aliphatic imine (C=N–C) groups is 1. The molecule has 3 N–H and O–H groups in total. The van der Waals surface area contributed by atoms with Crippen LogP contribution in [0, 0.1) is 0 Å². The topological polar surface area (TPSA) is 81.7 Å². The second-order valence-electron chi connectivity index (χ2n) is 8.08. The van der Waals surface area contributed by atoms with Crippen molar-refractivity contribution in [1.82, 2.24) is 20.9 Å². The van der Waals surface area contributed by atoms with Crippen LogP contribution in [0.5, 0.6) is 0 Å². The molecule has 1 aromatic heterocycles. The maximum Gasteiger partial charge on any atom is 0.416 e. The largest absolute Gasteiger partial charge is 0.416 e. The zero-order valence-electron chi connectivity index (χ0n) is 18.4. The highest BCUT2D eigenvalue weighted by Crippen LogP contribution is 2.36.